The molecule has 8 nitrogen and oxygen atoms in total. The number of aromatic amines is 1. The zero-order valence-electron chi connectivity index (χ0n) is 22.9. The van der Waals surface area contributed by atoms with Gasteiger partial charge >= 0.3 is 0 Å². The van der Waals surface area contributed by atoms with Gasteiger partial charge in [0.25, 0.3) is 0 Å². The number of aromatic nitrogens is 5. The molecule has 1 saturated heterocycles. The highest BCUT2D eigenvalue weighted by Crippen LogP contribution is 2.34. The van der Waals surface area contributed by atoms with Crippen LogP contribution in [0.5, 0.6) is 5.88 Å². The van der Waals surface area contributed by atoms with Gasteiger partial charge in [0.05, 0.1) is 35.0 Å². The molecule has 28 heavy (non-hydrogen) atoms. The minimum Gasteiger partial charge on any atom is -0.474 e. The summed E-state index contributed by atoms with van der Waals surface area (Å²) < 4.78 is 76.1. The fraction of sp³-hybridized carbons (Fsp3) is 0.500. The Kier molecular flexibility index (Phi) is 2.95. The summed E-state index contributed by atoms with van der Waals surface area (Å²) in [5.41, 5.74) is 0.312. The molecule has 1 aliphatic heterocycles. The van der Waals surface area contributed by atoms with Crippen molar-refractivity contribution in [3.8, 4) is 5.88 Å². The van der Waals surface area contributed by atoms with Crippen molar-refractivity contribution in [3.63, 3.8) is 0 Å². The predicted molar refractivity (Wildman–Crippen MR) is 105 cm³/mol. The fourth-order valence-corrected chi connectivity index (χ4v) is 3.57. The minimum absolute atomic E-state index is 0.0814. The van der Waals surface area contributed by atoms with Crippen molar-refractivity contribution in [2.24, 2.45) is 0 Å². The van der Waals surface area contributed by atoms with E-state index in [1.54, 1.807) is 12.1 Å². The zero-order chi connectivity index (χ0) is 25.9. The third-order valence-corrected chi connectivity index (χ3v) is 4.97. The monoisotopic (exact) mass is 388 g/mol. The quantitative estimate of drug-likeness (QED) is 0.735. The van der Waals surface area contributed by atoms with E-state index in [1.165, 1.54) is 18.6 Å². The Bertz CT molecular complexity index is 1220. The molecular weight excluding hydrogens is 356 g/mol. The van der Waals surface area contributed by atoms with Crippen LogP contribution in [0, 0.1) is 0 Å². The van der Waals surface area contributed by atoms with Crippen LogP contribution in [0.25, 0.3) is 10.9 Å². The van der Waals surface area contributed by atoms with Crippen molar-refractivity contribution < 1.29 is 20.4 Å². The number of hydrogen-bond donors (Lipinski definition) is 1. The van der Waals surface area contributed by atoms with E-state index in [9.17, 15) is 0 Å². The first kappa shape index (κ1) is 10.7. The van der Waals surface area contributed by atoms with Crippen LogP contribution in [0.2, 0.25) is 0 Å². The summed E-state index contributed by atoms with van der Waals surface area (Å²) in [5, 5.41) is 7.31. The summed E-state index contributed by atoms with van der Waals surface area (Å²) in [6.45, 7) is -12.6. The van der Waals surface area contributed by atoms with Crippen molar-refractivity contribution in [3.05, 3.63) is 36.5 Å². The summed E-state index contributed by atoms with van der Waals surface area (Å²) in [7, 11) is 0. The third-order valence-electron chi connectivity index (χ3n) is 4.97. The van der Waals surface area contributed by atoms with Gasteiger partial charge in [-0.15, -0.1) is 0 Å². The number of rotatable bonds is 4. The molecule has 0 amide bonds. The smallest absolute Gasteiger partial charge is 0.225 e. The molecule has 3 aromatic rings. The molecule has 146 valence electrons. The van der Waals surface area contributed by atoms with Crippen LogP contribution in [0.4, 0.5) is 5.82 Å². The lowest BCUT2D eigenvalue weighted by Gasteiger charge is -2.30. The highest BCUT2D eigenvalue weighted by Gasteiger charge is 2.26. The van der Waals surface area contributed by atoms with Crippen LogP contribution < -0.4 is 9.64 Å². The average molecular weight is 389 g/mol. The summed E-state index contributed by atoms with van der Waals surface area (Å²) in [5.74, 6) is 0.765. The number of nitrogens with zero attached hydrogens (tertiary/aromatic N) is 5. The molecule has 0 spiro atoms. The predicted octanol–water partition coefficient (Wildman–Crippen LogP) is 2.69. The second-order valence-electron chi connectivity index (χ2n) is 6.68. The third kappa shape index (κ3) is 3.52. The first-order valence-electron chi connectivity index (χ1n) is 13.1. The minimum atomic E-state index is -3.19. The molecule has 0 radical (unpaired) electrons. The molecular formula is C20H24N6O2. The Balaban J connectivity index is 1.51. The average Bonchev–Trinajstić information content (AvgIpc) is 3.33. The Morgan fingerprint density at radius 1 is 1.18 bits per heavy atom. The van der Waals surface area contributed by atoms with Crippen LogP contribution in [-0.2, 0) is 4.74 Å². The Labute approximate surface area is 174 Å². The molecule has 8 heteroatoms. The molecule has 1 aliphatic carbocycles. The Morgan fingerprint density at radius 3 is 2.82 bits per heavy atom. The van der Waals surface area contributed by atoms with Gasteiger partial charge in [-0.3, -0.25) is 10.1 Å². The van der Waals surface area contributed by atoms with E-state index in [0.717, 1.165) is 18.7 Å². The van der Waals surface area contributed by atoms with Gasteiger partial charge in [-0.1, -0.05) is 0 Å². The number of fused-ring (bicyclic) bond motifs is 1. The Hall–Kier alpha value is -2.74. The summed E-state index contributed by atoms with van der Waals surface area (Å²) in [6, 6.07) is 4.69. The first-order chi connectivity index (χ1) is 16.8. The first-order valence-corrected chi connectivity index (χ1v) is 9.12. The topological polar surface area (TPSA) is 89.0 Å². The second-order valence-corrected chi connectivity index (χ2v) is 6.68. The van der Waals surface area contributed by atoms with Crippen molar-refractivity contribution >= 4 is 16.7 Å². The molecule has 5 rings (SSSR count). The standard InChI is InChI=1S/C20H24N6O2/c1-2-16-17(21-7-1)12-18(26-8-10-27-11-9-26)24-20(16)28-15-5-3-14(4-6-15)19-22-13-23-25-19/h1-2,7,12-15H,3-6,8-11H2,(H,22,23,25)/i8D2,9D2,10D2,11D2. The van der Waals surface area contributed by atoms with Gasteiger partial charge < -0.3 is 14.4 Å². The lowest BCUT2D eigenvalue weighted by atomic mass is 9.87. The number of H-pyrrole nitrogens is 1. The number of ether oxygens (including phenoxy) is 2. The highest BCUT2D eigenvalue weighted by atomic mass is 16.5. The van der Waals surface area contributed by atoms with Crippen LogP contribution >= 0.6 is 0 Å². The van der Waals surface area contributed by atoms with Crippen LogP contribution in [0.3, 0.4) is 0 Å². The zero-order valence-corrected chi connectivity index (χ0v) is 14.9. The number of nitrogens with one attached hydrogen (secondary N) is 1. The maximum absolute atomic E-state index is 8.35. The van der Waals surface area contributed by atoms with Gasteiger partial charge in [-0.2, -0.15) is 10.1 Å². The van der Waals surface area contributed by atoms with E-state index in [0.29, 0.717) is 28.6 Å². The molecule has 2 fully saturated rings. The summed E-state index contributed by atoms with van der Waals surface area (Å²) >= 11 is 0. The van der Waals surface area contributed by atoms with Gasteiger partial charge in [0.15, 0.2) is 0 Å². The fourth-order valence-electron chi connectivity index (χ4n) is 3.57. The molecule has 4 heterocycles. The van der Waals surface area contributed by atoms with Crippen molar-refractivity contribution in [2.75, 3.05) is 31.0 Å². The maximum atomic E-state index is 8.35. The SMILES string of the molecule is [2H]C1([2H])OC([2H])([2H])C([2H])([2H])N(c2cc3ncccc3c(OC3CCC(c4ncn[nH]4)CC3)n2)C1([2H])[2H]. The number of pyridine rings is 2. The molecule has 0 atom stereocenters. The van der Waals surface area contributed by atoms with Crippen LogP contribution in [0.1, 0.15) is 48.4 Å². The molecule has 0 unspecified atom stereocenters. The van der Waals surface area contributed by atoms with E-state index >= 15 is 0 Å². The largest absolute Gasteiger partial charge is 0.474 e. The molecule has 1 saturated carbocycles. The lowest BCUT2D eigenvalue weighted by molar-refractivity contribution is 0.121. The van der Waals surface area contributed by atoms with E-state index in [1.807, 2.05) is 0 Å². The van der Waals surface area contributed by atoms with Crippen molar-refractivity contribution in [1.82, 2.24) is 25.1 Å². The molecule has 0 aromatic carbocycles. The second kappa shape index (κ2) is 7.71. The van der Waals surface area contributed by atoms with Gasteiger partial charge in [-0.05, 0) is 37.8 Å². The molecule has 3 aromatic heterocycles. The van der Waals surface area contributed by atoms with E-state index < -0.39 is 26.1 Å². The molecule has 1 N–H and O–H groups in total. The Morgan fingerprint density at radius 2 is 2.04 bits per heavy atom. The van der Waals surface area contributed by atoms with Crippen molar-refractivity contribution in [1.29, 1.82) is 0 Å². The number of hydrogen-bond acceptors (Lipinski definition) is 7. The van der Waals surface area contributed by atoms with Gasteiger partial charge in [0.2, 0.25) is 5.88 Å². The van der Waals surface area contributed by atoms with Crippen LogP contribution in [-0.4, -0.2) is 57.4 Å². The number of morpholine rings is 1. The number of anilines is 1. The summed E-state index contributed by atoms with van der Waals surface area (Å²) in [4.78, 5) is 13.2. The van der Waals surface area contributed by atoms with Crippen LogP contribution in [0.15, 0.2) is 30.7 Å². The van der Waals surface area contributed by atoms with E-state index in [2.05, 4.69) is 29.9 Å². The molecule has 0 bridgehead atoms. The maximum Gasteiger partial charge on any atom is 0.225 e. The lowest BCUT2D eigenvalue weighted by Crippen LogP contribution is -2.36. The van der Waals surface area contributed by atoms with E-state index in [4.69, 9.17) is 15.7 Å². The highest BCUT2D eigenvalue weighted by molar-refractivity contribution is 5.85. The van der Waals surface area contributed by atoms with Crippen molar-refractivity contribution in [2.45, 2.75) is 37.7 Å². The summed E-state index contributed by atoms with van der Waals surface area (Å²) in [6.07, 6.45) is 5.70. The molecule has 2 aliphatic rings. The van der Waals surface area contributed by atoms with Gasteiger partial charge in [0.1, 0.15) is 24.1 Å². The van der Waals surface area contributed by atoms with Gasteiger partial charge in [0, 0.05) is 31.2 Å². The normalized spacial score (nSPS) is 34.5. The van der Waals surface area contributed by atoms with E-state index in [-0.39, 0.29) is 23.7 Å². The van der Waals surface area contributed by atoms with Gasteiger partial charge in [-0.25, -0.2) is 4.98 Å².